The standard InChI is InChI=1S/C29H29N3O9S/c1-5-38-24-17-20(18-25(39-6-2)26(24)40-7-3)29(33)41-28-27(19(4)30-31(28)21-11-9-8-10-12-21)42(36,37)23-15-13-22(14-16-23)32(34)35/h8-18H,5-7H2,1-4H3. The molecule has 0 aliphatic heterocycles. The maximum Gasteiger partial charge on any atom is 0.345 e. The number of nitro groups is 1. The Hall–Kier alpha value is -4.91. The number of aromatic nitrogens is 2. The molecule has 0 N–H and O–H groups in total. The second-order valence-electron chi connectivity index (χ2n) is 8.71. The number of non-ortho nitro benzene ring substituents is 1. The normalized spacial score (nSPS) is 11.1. The average molecular weight is 596 g/mol. The van der Waals surface area contributed by atoms with Crippen LogP contribution in [0.4, 0.5) is 5.69 Å². The lowest BCUT2D eigenvalue weighted by molar-refractivity contribution is -0.384. The van der Waals surface area contributed by atoms with Crippen molar-refractivity contribution in [3.63, 3.8) is 0 Å². The molecule has 0 saturated carbocycles. The SMILES string of the molecule is CCOc1cc(C(=O)Oc2c(S(=O)(=O)c3ccc([N+](=O)[O-])cc3)c(C)nn2-c2ccccc2)cc(OCC)c1OCC. The average Bonchev–Trinajstić information content (AvgIpc) is 3.31. The van der Waals surface area contributed by atoms with Gasteiger partial charge >= 0.3 is 5.97 Å². The van der Waals surface area contributed by atoms with E-state index in [0.29, 0.717) is 18.0 Å². The minimum atomic E-state index is -4.36. The predicted molar refractivity (Wildman–Crippen MR) is 152 cm³/mol. The lowest BCUT2D eigenvalue weighted by Gasteiger charge is -2.17. The van der Waals surface area contributed by atoms with Crippen molar-refractivity contribution < 1.29 is 37.1 Å². The Kier molecular flexibility index (Phi) is 9.11. The van der Waals surface area contributed by atoms with Gasteiger partial charge in [0.05, 0.1) is 46.6 Å². The predicted octanol–water partition coefficient (Wildman–Crippen LogP) is 5.34. The van der Waals surface area contributed by atoms with Crippen molar-refractivity contribution in [2.45, 2.75) is 37.5 Å². The van der Waals surface area contributed by atoms with Gasteiger partial charge in [0, 0.05) is 12.1 Å². The molecule has 0 bridgehead atoms. The minimum Gasteiger partial charge on any atom is -0.490 e. The molecule has 4 aromatic rings. The fraction of sp³-hybridized carbons (Fsp3) is 0.241. The number of nitro benzene ring substituents is 1. The van der Waals surface area contributed by atoms with E-state index < -0.39 is 20.7 Å². The van der Waals surface area contributed by atoms with Gasteiger partial charge in [-0.1, -0.05) is 18.2 Å². The van der Waals surface area contributed by atoms with Gasteiger partial charge < -0.3 is 18.9 Å². The van der Waals surface area contributed by atoms with E-state index >= 15 is 0 Å². The topological polar surface area (TPSA) is 149 Å². The third-order valence-electron chi connectivity index (χ3n) is 5.93. The highest BCUT2D eigenvalue weighted by Crippen LogP contribution is 2.40. The molecule has 0 amide bonds. The summed E-state index contributed by atoms with van der Waals surface area (Å²) in [5, 5.41) is 15.5. The van der Waals surface area contributed by atoms with Crippen LogP contribution in [-0.4, -0.2) is 48.9 Å². The summed E-state index contributed by atoms with van der Waals surface area (Å²) in [6.07, 6.45) is 0. The molecule has 4 rings (SSSR count). The molecular formula is C29H29N3O9S. The van der Waals surface area contributed by atoms with E-state index in [2.05, 4.69) is 5.10 Å². The van der Waals surface area contributed by atoms with E-state index in [1.54, 1.807) is 51.1 Å². The first-order valence-electron chi connectivity index (χ1n) is 13.0. The zero-order valence-electron chi connectivity index (χ0n) is 23.4. The molecule has 13 heteroatoms. The van der Waals surface area contributed by atoms with Gasteiger partial charge in [-0.3, -0.25) is 10.1 Å². The number of nitrogens with zero attached hydrogens (tertiary/aromatic N) is 3. The largest absolute Gasteiger partial charge is 0.490 e. The van der Waals surface area contributed by atoms with E-state index in [-0.39, 0.29) is 57.3 Å². The number of carbonyl (C=O) groups excluding carboxylic acids is 1. The maximum atomic E-state index is 13.8. The van der Waals surface area contributed by atoms with Crippen molar-refractivity contribution in [2.24, 2.45) is 0 Å². The fourth-order valence-corrected chi connectivity index (χ4v) is 5.67. The highest BCUT2D eigenvalue weighted by atomic mass is 32.2. The number of para-hydroxylation sites is 1. The number of hydrogen-bond acceptors (Lipinski definition) is 10. The second kappa shape index (κ2) is 12.7. The summed E-state index contributed by atoms with van der Waals surface area (Å²) in [5.74, 6) is -0.430. The summed E-state index contributed by atoms with van der Waals surface area (Å²) in [4.78, 5) is 23.5. The number of carbonyl (C=O) groups is 1. The van der Waals surface area contributed by atoms with E-state index in [0.717, 1.165) is 24.3 Å². The smallest absolute Gasteiger partial charge is 0.345 e. The zero-order chi connectivity index (χ0) is 30.4. The van der Waals surface area contributed by atoms with Crippen LogP contribution in [-0.2, 0) is 9.84 Å². The van der Waals surface area contributed by atoms with Crippen molar-refractivity contribution in [2.75, 3.05) is 19.8 Å². The van der Waals surface area contributed by atoms with Crippen LogP contribution in [0, 0.1) is 17.0 Å². The van der Waals surface area contributed by atoms with Gasteiger partial charge in [0.15, 0.2) is 16.4 Å². The van der Waals surface area contributed by atoms with Crippen LogP contribution in [0.3, 0.4) is 0 Å². The zero-order valence-corrected chi connectivity index (χ0v) is 24.2. The molecule has 1 heterocycles. The van der Waals surface area contributed by atoms with Gasteiger partial charge in [-0.05, 0) is 64.1 Å². The van der Waals surface area contributed by atoms with Gasteiger partial charge in [-0.2, -0.15) is 9.78 Å². The van der Waals surface area contributed by atoms with Crippen LogP contribution in [0.15, 0.2) is 76.5 Å². The fourth-order valence-electron chi connectivity index (χ4n) is 4.15. The van der Waals surface area contributed by atoms with Gasteiger partial charge in [-0.25, -0.2) is 13.2 Å². The van der Waals surface area contributed by atoms with Crippen LogP contribution >= 0.6 is 0 Å². The van der Waals surface area contributed by atoms with Crippen molar-refractivity contribution in [3.8, 4) is 28.8 Å². The van der Waals surface area contributed by atoms with Crippen LogP contribution in [0.1, 0.15) is 36.8 Å². The highest BCUT2D eigenvalue weighted by Gasteiger charge is 2.33. The Labute approximate surface area is 242 Å². The Morgan fingerprint density at radius 2 is 1.48 bits per heavy atom. The third-order valence-corrected chi connectivity index (χ3v) is 7.83. The molecular weight excluding hydrogens is 566 g/mol. The highest BCUT2D eigenvalue weighted by molar-refractivity contribution is 7.91. The van der Waals surface area contributed by atoms with E-state index in [1.165, 1.54) is 23.7 Å². The number of esters is 1. The molecule has 0 spiro atoms. The van der Waals surface area contributed by atoms with Crippen molar-refractivity contribution in [3.05, 3.63) is 88.1 Å². The molecule has 220 valence electrons. The molecule has 0 fully saturated rings. The van der Waals surface area contributed by atoms with Crippen LogP contribution in [0.25, 0.3) is 5.69 Å². The summed E-state index contributed by atoms with van der Waals surface area (Å²) < 4.78 is 51.8. The lowest BCUT2D eigenvalue weighted by atomic mass is 10.2. The number of aryl methyl sites for hydroxylation is 1. The Bertz CT molecular complexity index is 1670. The first-order valence-corrected chi connectivity index (χ1v) is 14.5. The number of hydrogen-bond donors (Lipinski definition) is 0. The molecule has 0 atom stereocenters. The summed E-state index contributed by atoms with van der Waals surface area (Å²) in [6, 6.07) is 15.8. The molecule has 42 heavy (non-hydrogen) atoms. The Balaban J connectivity index is 1.87. The van der Waals surface area contributed by atoms with Crippen LogP contribution < -0.4 is 18.9 Å². The number of ether oxygens (including phenoxy) is 4. The van der Waals surface area contributed by atoms with Gasteiger partial charge in [-0.15, -0.1) is 0 Å². The maximum absolute atomic E-state index is 13.8. The van der Waals surface area contributed by atoms with Crippen molar-refractivity contribution in [1.29, 1.82) is 0 Å². The third kappa shape index (κ3) is 6.05. The molecule has 0 aliphatic rings. The van der Waals surface area contributed by atoms with E-state index in [1.807, 2.05) is 0 Å². The summed E-state index contributed by atoms with van der Waals surface area (Å²) in [7, 11) is -4.36. The minimum absolute atomic E-state index is 0.0162. The van der Waals surface area contributed by atoms with Crippen molar-refractivity contribution >= 4 is 21.5 Å². The van der Waals surface area contributed by atoms with Gasteiger partial charge in [0.1, 0.15) is 0 Å². The van der Waals surface area contributed by atoms with Crippen LogP contribution in [0.5, 0.6) is 23.1 Å². The molecule has 1 aromatic heterocycles. The Morgan fingerprint density at radius 3 is 2.00 bits per heavy atom. The molecule has 0 saturated heterocycles. The first-order chi connectivity index (χ1) is 20.1. The molecule has 3 aromatic carbocycles. The molecule has 0 unspecified atom stereocenters. The molecule has 0 aliphatic carbocycles. The van der Waals surface area contributed by atoms with Crippen molar-refractivity contribution in [1.82, 2.24) is 9.78 Å². The monoisotopic (exact) mass is 595 g/mol. The quantitative estimate of drug-likeness (QED) is 0.119. The van der Waals surface area contributed by atoms with Gasteiger partial charge in [0.25, 0.3) is 5.69 Å². The summed E-state index contributed by atoms with van der Waals surface area (Å²) in [5.41, 5.74) is 0.229. The second-order valence-corrected chi connectivity index (χ2v) is 10.6. The summed E-state index contributed by atoms with van der Waals surface area (Å²) >= 11 is 0. The molecule has 12 nitrogen and oxygen atoms in total. The van der Waals surface area contributed by atoms with Gasteiger partial charge in [0.2, 0.25) is 21.5 Å². The number of rotatable bonds is 12. The first kappa shape index (κ1) is 30.1. The van der Waals surface area contributed by atoms with E-state index in [9.17, 15) is 23.3 Å². The summed E-state index contributed by atoms with van der Waals surface area (Å²) in [6.45, 7) is 7.70. The number of benzene rings is 3. The Morgan fingerprint density at radius 1 is 0.905 bits per heavy atom. The molecule has 0 radical (unpaired) electrons. The van der Waals surface area contributed by atoms with E-state index in [4.69, 9.17) is 18.9 Å². The number of sulfone groups is 1. The van der Waals surface area contributed by atoms with Crippen LogP contribution in [0.2, 0.25) is 0 Å². The lowest BCUT2D eigenvalue weighted by Crippen LogP contribution is -2.15.